The topological polar surface area (TPSA) is 73.9 Å². The monoisotopic (exact) mass is 562 g/mol. The van der Waals surface area contributed by atoms with Crippen LogP contribution in [0.5, 0.6) is 0 Å². The number of fused-ring (bicyclic) bond motifs is 1. The fourth-order valence-electron chi connectivity index (χ4n) is 4.82. The van der Waals surface area contributed by atoms with E-state index in [4.69, 9.17) is 4.74 Å². The Morgan fingerprint density at radius 2 is 1.65 bits per heavy atom. The molecule has 2 amide bonds. The fraction of sp³-hybridized carbons (Fsp3) is 0.310. The van der Waals surface area contributed by atoms with Gasteiger partial charge in [-0.25, -0.2) is 0 Å². The molecule has 0 spiro atoms. The van der Waals surface area contributed by atoms with Gasteiger partial charge in [0.25, 0.3) is 11.8 Å². The van der Waals surface area contributed by atoms with Crippen LogP contribution in [0.2, 0.25) is 0 Å². The van der Waals surface area contributed by atoms with Crippen LogP contribution in [0, 0.1) is 0 Å². The Labute approximate surface area is 225 Å². The predicted molar refractivity (Wildman–Crippen MR) is 149 cm³/mol. The second-order valence-electron chi connectivity index (χ2n) is 9.34. The van der Waals surface area contributed by atoms with E-state index in [0.717, 1.165) is 62.5 Å². The number of halogens is 1. The van der Waals surface area contributed by atoms with Gasteiger partial charge in [0, 0.05) is 60.7 Å². The summed E-state index contributed by atoms with van der Waals surface area (Å²) in [6, 6.07) is 21.3. The summed E-state index contributed by atoms with van der Waals surface area (Å²) in [5.74, 6) is -0.354. The average molecular weight is 563 g/mol. The first kappa shape index (κ1) is 25.4. The number of hydrogen-bond acceptors (Lipinski definition) is 5. The van der Waals surface area contributed by atoms with Crippen LogP contribution in [0.15, 0.2) is 71.2 Å². The number of hydrogen-bond donors (Lipinski definition) is 2. The molecule has 192 valence electrons. The molecular formula is C29H31BrN4O3. The molecule has 2 aliphatic rings. The van der Waals surface area contributed by atoms with Crippen LogP contribution in [0.25, 0.3) is 0 Å². The Balaban J connectivity index is 1.35. The molecule has 0 saturated carbocycles. The van der Waals surface area contributed by atoms with Gasteiger partial charge in [-0.15, -0.1) is 0 Å². The van der Waals surface area contributed by atoms with Crippen LogP contribution < -0.4 is 15.5 Å². The van der Waals surface area contributed by atoms with Crippen LogP contribution in [0.4, 0.5) is 11.4 Å². The highest BCUT2D eigenvalue weighted by Gasteiger charge is 2.22. The van der Waals surface area contributed by atoms with E-state index in [1.165, 1.54) is 11.1 Å². The second kappa shape index (κ2) is 11.9. The Morgan fingerprint density at radius 1 is 0.892 bits per heavy atom. The molecule has 0 aromatic heterocycles. The highest BCUT2D eigenvalue weighted by atomic mass is 79.9. The van der Waals surface area contributed by atoms with Crippen molar-refractivity contribution < 1.29 is 14.3 Å². The zero-order valence-corrected chi connectivity index (χ0v) is 22.3. The van der Waals surface area contributed by atoms with E-state index in [1.54, 1.807) is 18.2 Å². The second-order valence-corrected chi connectivity index (χ2v) is 10.3. The molecule has 2 heterocycles. The van der Waals surface area contributed by atoms with Gasteiger partial charge in [-0.05, 0) is 60.0 Å². The molecule has 0 atom stereocenters. The van der Waals surface area contributed by atoms with Crippen molar-refractivity contribution in [2.24, 2.45) is 0 Å². The highest BCUT2D eigenvalue weighted by molar-refractivity contribution is 9.10. The van der Waals surface area contributed by atoms with Gasteiger partial charge in [-0.2, -0.15) is 0 Å². The molecule has 7 nitrogen and oxygen atoms in total. The number of amides is 2. The van der Waals surface area contributed by atoms with Gasteiger partial charge in [0.1, 0.15) is 0 Å². The first-order chi connectivity index (χ1) is 18.1. The zero-order chi connectivity index (χ0) is 25.6. The standard InChI is InChI=1S/C29H31BrN4O3/c30-24-7-5-22(6-8-24)28(35)32-25-9-10-27(34-13-11-21-3-1-2-4-23(21)20-34)26(19-25)29(36)31-12-14-33-15-17-37-18-16-33/h1-10,19H,11-18,20H2,(H,31,36)(H,32,35). The maximum absolute atomic E-state index is 13.4. The van der Waals surface area contributed by atoms with E-state index in [0.29, 0.717) is 23.4 Å². The van der Waals surface area contributed by atoms with E-state index in [1.807, 2.05) is 24.3 Å². The number of carbonyl (C=O) groups is 2. The Hall–Kier alpha value is -3.20. The number of carbonyl (C=O) groups excluding carboxylic acids is 2. The van der Waals surface area contributed by atoms with Crippen molar-refractivity contribution in [3.05, 3.63) is 93.5 Å². The summed E-state index contributed by atoms with van der Waals surface area (Å²) in [7, 11) is 0. The quantitative estimate of drug-likeness (QED) is 0.448. The van der Waals surface area contributed by atoms with Gasteiger partial charge in [-0.3, -0.25) is 14.5 Å². The number of anilines is 2. The SMILES string of the molecule is O=C(Nc1ccc(N2CCc3ccccc3C2)c(C(=O)NCCN2CCOCC2)c1)c1ccc(Br)cc1. The lowest BCUT2D eigenvalue weighted by Gasteiger charge is -2.32. The number of nitrogens with zero attached hydrogens (tertiary/aromatic N) is 2. The minimum absolute atomic E-state index is 0.137. The van der Waals surface area contributed by atoms with E-state index in [9.17, 15) is 9.59 Å². The number of benzene rings is 3. The summed E-state index contributed by atoms with van der Waals surface area (Å²) in [5, 5.41) is 6.05. The molecule has 8 heteroatoms. The van der Waals surface area contributed by atoms with Gasteiger partial charge in [-0.1, -0.05) is 40.2 Å². The molecule has 3 aromatic rings. The lowest BCUT2D eigenvalue weighted by atomic mass is 9.98. The summed E-state index contributed by atoms with van der Waals surface area (Å²) in [6.07, 6.45) is 0.927. The zero-order valence-electron chi connectivity index (χ0n) is 20.7. The predicted octanol–water partition coefficient (Wildman–Crippen LogP) is 4.33. The summed E-state index contributed by atoms with van der Waals surface area (Å²) >= 11 is 3.40. The van der Waals surface area contributed by atoms with Gasteiger partial charge in [0.15, 0.2) is 0 Å². The molecule has 5 rings (SSSR count). The number of ether oxygens (including phenoxy) is 1. The Morgan fingerprint density at radius 3 is 2.43 bits per heavy atom. The van der Waals surface area contributed by atoms with Gasteiger partial charge < -0.3 is 20.3 Å². The van der Waals surface area contributed by atoms with Crippen molar-refractivity contribution in [3.63, 3.8) is 0 Å². The van der Waals surface area contributed by atoms with E-state index in [2.05, 4.69) is 60.6 Å². The Kier molecular flexibility index (Phi) is 8.18. The molecule has 2 aliphatic heterocycles. The first-order valence-corrected chi connectivity index (χ1v) is 13.5. The van der Waals surface area contributed by atoms with Crippen molar-refractivity contribution in [1.82, 2.24) is 10.2 Å². The lowest BCUT2D eigenvalue weighted by Crippen LogP contribution is -2.41. The summed E-state index contributed by atoms with van der Waals surface area (Å²) < 4.78 is 6.33. The maximum atomic E-state index is 13.4. The minimum atomic E-state index is -0.217. The molecule has 37 heavy (non-hydrogen) atoms. The van der Waals surface area contributed by atoms with Gasteiger partial charge in [0.2, 0.25) is 0 Å². The number of morpholine rings is 1. The van der Waals surface area contributed by atoms with Gasteiger partial charge >= 0.3 is 0 Å². The van der Waals surface area contributed by atoms with Crippen LogP contribution in [0.3, 0.4) is 0 Å². The summed E-state index contributed by atoms with van der Waals surface area (Å²) in [6.45, 7) is 6.13. The third kappa shape index (κ3) is 6.39. The Bertz CT molecular complexity index is 1260. The highest BCUT2D eigenvalue weighted by Crippen LogP contribution is 2.30. The molecule has 1 fully saturated rings. The van der Waals surface area contributed by atoms with Crippen molar-refractivity contribution in [2.75, 3.05) is 56.2 Å². The normalized spacial score (nSPS) is 15.6. The molecule has 0 unspecified atom stereocenters. The molecule has 0 radical (unpaired) electrons. The number of nitrogens with one attached hydrogen (secondary N) is 2. The van der Waals surface area contributed by atoms with E-state index < -0.39 is 0 Å². The summed E-state index contributed by atoms with van der Waals surface area (Å²) in [5.41, 5.74) is 5.22. The smallest absolute Gasteiger partial charge is 0.255 e. The largest absolute Gasteiger partial charge is 0.379 e. The van der Waals surface area contributed by atoms with E-state index in [-0.39, 0.29) is 11.8 Å². The first-order valence-electron chi connectivity index (χ1n) is 12.7. The molecule has 3 aromatic carbocycles. The maximum Gasteiger partial charge on any atom is 0.255 e. The van der Waals surface area contributed by atoms with E-state index >= 15 is 0 Å². The molecular weight excluding hydrogens is 532 g/mol. The average Bonchev–Trinajstić information content (AvgIpc) is 2.93. The fourth-order valence-corrected chi connectivity index (χ4v) is 5.09. The van der Waals surface area contributed by atoms with Crippen molar-refractivity contribution in [1.29, 1.82) is 0 Å². The molecule has 0 bridgehead atoms. The van der Waals surface area contributed by atoms with Crippen LogP contribution in [-0.2, 0) is 17.7 Å². The van der Waals surface area contributed by atoms with Gasteiger partial charge in [0.05, 0.1) is 18.8 Å². The minimum Gasteiger partial charge on any atom is -0.379 e. The lowest BCUT2D eigenvalue weighted by molar-refractivity contribution is 0.0383. The molecule has 1 saturated heterocycles. The molecule has 0 aliphatic carbocycles. The molecule has 2 N–H and O–H groups in total. The van der Waals surface area contributed by atoms with Crippen molar-refractivity contribution in [2.45, 2.75) is 13.0 Å². The summed E-state index contributed by atoms with van der Waals surface area (Å²) in [4.78, 5) is 30.8. The van der Waals surface area contributed by atoms with Crippen LogP contribution in [-0.4, -0.2) is 62.7 Å². The van der Waals surface area contributed by atoms with Crippen LogP contribution >= 0.6 is 15.9 Å². The van der Waals surface area contributed by atoms with Crippen molar-refractivity contribution in [3.8, 4) is 0 Å². The third-order valence-electron chi connectivity index (χ3n) is 6.89. The van der Waals surface area contributed by atoms with Crippen LogP contribution in [0.1, 0.15) is 31.8 Å². The van der Waals surface area contributed by atoms with Crippen molar-refractivity contribution >= 4 is 39.1 Å². The number of rotatable bonds is 7. The third-order valence-corrected chi connectivity index (χ3v) is 7.42.